The fraction of sp³-hybridized carbons (Fsp3) is 0.159. The summed E-state index contributed by atoms with van der Waals surface area (Å²) >= 11 is 0. The number of rotatable bonds is 12. The van der Waals surface area contributed by atoms with E-state index >= 15 is 0 Å². The average Bonchev–Trinajstić information content (AvgIpc) is 3.85. The highest BCUT2D eigenvalue weighted by Gasteiger charge is 2.42. The van der Waals surface area contributed by atoms with Crippen molar-refractivity contribution in [3.63, 3.8) is 0 Å². The molecule has 8 heteroatoms. The first-order valence-corrected chi connectivity index (χ1v) is 17.8. The monoisotopic (exact) mass is 681 g/mol. The van der Waals surface area contributed by atoms with Crippen molar-refractivity contribution in [3.05, 3.63) is 180 Å². The van der Waals surface area contributed by atoms with E-state index in [1.807, 2.05) is 41.9 Å². The van der Waals surface area contributed by atoms with E-state index in [1.165, 1.54) is 5.56 Å². The van der Waals surface area contributed by atoms with Gasteiger partial charge < -0.3 is 9.32 Å². The van der Waals surface area contributed by atoms with Crippen LogP contribution in [0.2, 0.25) is 0 Å². The number of unbranched alkanes of at least 4 members (excludes halogenated alkanes) is 1. The van der Waals surface area contributed by atoms with Gasteiger partial charge in [-0.15, -0.1) is 5.10 Å². The van der Waals surface area contributed by atoms with Crippen LogP contribution < -0.4 is 4.90 Å². The fourth-order valence-electron chi connectivity index (χ4n) is 7.25. The van der Waals surface area contributed by atoms with Gasteiger partial charge in [-0.1, -0.05) is 153 Å². The summed E-state index contributed by atoms with van der Waals surface area (Å²) in [4.78, 5) is 11.4. The molecule has 8 rings (SSSR count). The molecule has 256 valence electrons. The van der Waals surface area contributed by atoms with Crippen LogP contribution in [0.1, 0.15) is 47.8 Å². The quantitative estimate of drug-likeness (QED) is 0.119. The molecular formula is C44H39N7O. The van der Waals surface area contributed by atoms with Crippen LogP contribution in [0.5, 0.6) is 0 Å². The summed E-state index contributed by atoms with van der Waals surface area (Å²) in [5.41, 5.74) is 7.19. The van der Waals surface area contributed by atoms with Crippen molar-refractivity contribution in [1.82, 2.24) is 30.2 Å². The molecule has 0 amide bonds. The van der Waals surface area contributed by atoms with Crippen LogP contribution in [0, 0.1) is 6.92 Å². The van der Waals surface area contributed by atoms with E-state index in [-0.39, 0.29) is 0 Å². The molecule has 3 heterocycles. The van der Waals surface area contributed by atoms with Gasteiger partial charge in [0.2, 0.25) is 5.71 Å². The minimum atomic E-state index is -0.846. The molecular weight excluding hydrogens is 643 g/mol. The molecule has 8 aromatic rings. The topological polar surface area (TPSA) is 85.8 Å². The van der Waals surface area contributed by atoms with E-state index < -0.39 is 5.54 Å². The Balaban J connectivity index is 1.21. The Morgan fingerprint density at radius 1 is 0.692 bits per heavy atom. The van der Waals surface area contributed by atoms with Gasteiger partial charge in [0.05, 0.1) is 5.39 Å². The third-order valence-electron chi connectivity index (χ3n) is 9.68. The highest BCUT2D eigenvalue weighted by Crippen LogP contribution is 2.43. The lowest BCUT2D eigenvalue weighted by molar-refractivity contribution is 0.451. The highest BCUT2D eigenvalue weighted by atomic mass is 16.3. The van der Waals surface area contributed by atoms with E-state index in [1.54, 1.807) is 6.33 Å². The lowest BCUT2D eigenvalue weighted by atomic mass is 9.77. The van der Waals surface area contributed by atoms with Crippen LogP contribution in [0.3, 0.4) is 0 Å². The summed E-state index contributed by atoms with van der Waals surface area (Å²) in [6.07, 6.45) is 3.73. The maximum absolute atomic E-state index is 5.83. The van der Waals surface area contributed by atoms with E-state index in [0.717, 1.165) is 69.7 Å². The zero-order valence-electron chi connectivity index (χ0n) is 29.3. The number of tetrazole rings is 1. The smallest absolute Gasteiger partial charge is 0.231 e. The number of nitrogens with zero attached hydrogens (tertiary/aromatic N) is 7. The number of benzene rings is 5. The minimum Gasteiger partial charge on any atom is -0.443 e. The normalized spacial score (nSPS) is 11.6. The number of aromatic nitrogens is 6. The Kier molecular flexibility index (Phi) is 9.10. The molecule has 5 aromatic carbocycles. The summed E-state index contributed by atoms with van der Waals surface area (Å²) in [6, 6.07) is 50.7. The molecule has 0 bridgehead atoms. The largest absolute Gasteiger partial charge is 0.443 e. The predicted octanol–water partition coefficient (Wildman–Crippen LogP) is 9.50. The van der Waals surface area contributed by atoms with Crippen LogP contribution in [0.15, 0.2) is 156 Å². The molecule has 8 nitrogen and oxygen atoms in total. The first-order valence-electron chi connectivity index (χ1n) is 17.8. The number of anilines is 1. The third-order valence-corrected chi connectivity index (χ3v) is 9.68. The lowest BCUT2D eigenvalue weighted by Gasteiger charge is -2.36. The molecule has 0 N–H and O–H groups in total. The number of furan rings is 1. The molecule has 0 aliphatic rings. The molecule has 0 saturated heterocycles. The Morgan fingerprint density at radius 2 is 1.29 bits per heavy atom. The second kappa shape index (κ2) is 14.4. The van der Waals surface area contributed by atoms with E-state index in [9.17, 15) is 0 Å². The average molecular weight is 682 g/mol. The Hall–Kier alpha value is -6.41. The Morgan fingerprint density at radius 3 is 1.90 bits per heavy atom. The predicted molar refractivity (Wildman–Crippen MR) is 206 cm³/mol. The number of hydrogen-bond donors (Lipinski definition) is 0. The summed E-state index contributed by atoms with van der Waals surface area (Å²) in [5.74, 6) is 2.40. The second-order valence-corrected chi connectivity index (χ2v) is 13.0. The second-order valence-electron chi connectivity index (χ2n) is 13.0. The van der Waals surface area contributed by atoms with E-state index in [0.29, 0.717) is 18.1 Å². The zero-order valence-corrected chi connectivity index (χ0v) is 29.3. The zero-order chi connectivity index (χ0) is 35.3. The fourth-order valence-corrected chi connectivity index (χ4v) is 7.25. The molecule has 52 heavy (non-hydrogen) atoms. The van der Waals surface area contributed by atoms with Gasteiger partial charge in [0.25, 0.3) is 0 Å². The van der Waals surface area contributed by atoms with Crippen LogP contribution in [0.25, 0.3) is 33.6 Å². The van der Waals surface area contributed by atoms with Gasteiger partial charge in [0.15, 0.2) is 5.82 Å². The standard InChI is InChI=1S/C44H39N7O/c1-3-4-28-50(41-40-29-32(2)52-43(40)46-31-45-41)30-33-24-26-34(27-25-33)38-22-14-15-23-39(38)42-47-48-49-51(42)44(35-16-8-5-9-17-35,36-18-10-6-11-19-36)37-20-12-7-13-21-37/h5-27,29,31H,3-4,28,30H2,1-2H3. The van der Waals surface area contributed by atoms with Crippen molar-refractivity contribution in [1.29, 1.82) is 0 Å². The van der Waals surface area contributed by atoms with Gasteiger partial charge in [-0.05, 0) is 63.2 Å². The summed E-state index contributed by atoms with van der Waals surface area (Å²) in [7, 11) is 0. The van der Waals surface area contributed by atoms with Gasteiger partial charge in [-0.3, -0.25) is 0 Å². The number of hydrogen-bond acceptors (Lipinski definition) is 7. The third kappa shape index (κ3) is 6.02. The van der Waals surface area contributed by atoms with Gasteiger partial charge >= 0.3 is 0 Å². The van der Waals surface area contributed by atoms with Crippen molar-refractivity contribution < 1.29 is 4.42 Å². The molecule has 0 aliphatic carbocycles. The minimum absolute atomic E-state index is 0.620. The molecule has 3 aromatic heterocycles. The van der Waals surface area contributed by atoms with Crippen LogP contribution in [-0.4, -0.2) is 36.7 Å². The van der Waals surface area contributed by atoms with Crippen LogP contribution >= 0.6 is 0 Å². The molecule has 0 fully saturated rings. The van der Waals surface area contributed by atoms with Crippen LogP contribution in [0.4, 0.5) is 5.82 Å². The summed E-state index contributed by atoms with van der Waals surface area (Å²) in [5, 5.41) is 14.8. The Bertz CT molecular complexity index is 2290. The molecule has 0 spiro atoms. The maximum Gasteiger partial charge on any atom is 0.231 e. The number of aryl methyl sites for hydroxylation is 1. The molecule has 0 radical (unpaired) electrons. The van der Waals surface area contributed by atoms with Crippen molar-refractivity contribution in [3.8, 4) is 22.5 Å². The van der Waals surface area contributed by atoms with Crippen LogP contribution in [-0.2, 0) is 12.1 Å². The first kappa shape index (κ1) is 32.8. The lowest BCUT2D eigenvalue weighted by Crippen LogP contribution is -2.39. The Labute approximate surface area is 303 Å². The summed E-state index contributed by atoms with van der Waals surface area (Å²) < 4.78 is 7.82. The van der Waals surface area contributed by atoms with Crippen molar-refractivity contribution in [2.45, 2.75) is 38.8 Å². The molecule has 0 saturated carbocycles. The van der Waals surface area contributed by atoms with Crippen molar-refractivity contribution in [2.24, 2.45) is 0 Å². The summed E-state index contributed by atoms with van der Waals surface area (Å²) in [6.45, 7) is 5.75. The van der Waals surface area contributed by atoms with E-state index in [2.05, 4.69) is 137 Å². The highest BCUT2D eigenvalue weighted by molar-refractivity contribution is 5.86. The number of fused-ring (bicyclic) bond motifs is 1. The van der Waals surface area contributed by atoms with Crippen molar-refractivity contribution >= 4 is 16.9 Å². The molecule has 0 aliphatic heterocycles. The molecule has 0 unspecified atom stereocenters. The van der Waals surface area contributed by atoms with Gasteiger partial charge in [-0.25, -0.2) is 14.6 Å². The maximum atomic E-state index is 5.83. The van der Waals surface area contributed by atoms with Gasteiger partial charge in [0, 0.05) is 18.7 Å². The first-order chi connectivity index (χ1) is 25.7. The SMILES string of the molecule is CCCCN(Cc1ccc(-c2ccccc2-c2nnnn2C(c2ccccc2)(c2ccccc2)c2ccccc2)cc1)c1ncnc2oc(C)cc12. The molecule has 0 atom stereocenters. The van der Waals surface area contributed by atoms with Crippen molar-refractivity contribution in [2.75, 3.05) is 11.4 Å². The van der Waals surface area contributed by atoms with E-state index in [4.69, 9.17) is 19.7 Å². The van der Waals surface area contributed by atoms with Gasteiger partial charge in [-0.2, -0.15) is 0 Å². The van der Waals surface area contributed by atoms with Gasteiger partial charge in [0.1, 0.15) is 23.4 Å².